The van der Waals surface area contributed by atoms with Gasteiger partial charge in [0, 0.05) is 29.6 Å². The summed E-state index contributed by atoms with van der Waals surface area (Å²) in [5.74, 6) is 0. The molecule has 3 atom stereocenters. The Hall–Kier alpha value is -0.420. The van der Waals surface area contributed by atoms with E-state index in [-0.39, 0.29) is 12.1 Å². The lowest BCUT2D eigenvalue weighted by molar-refractivity contribution is 0.126. The van der Waals surface area contributed by atoms with Crippen LogP contribution in [0.4, 0.5) is 0 Å². The van der Waals surface area contributed by atoms with Crippen LogP contribution in [0.5, 0.6) is 0 Å². The molecule has 112 valence electrons. The van der Waals surface area contributed by atoms with Gasteiger partial charge in [-0.3, -0.25) is 4.90 Å². The number of hydrogen-bond donors (Lipinski definition) is 1. The maximum atomic E-state index is 6.34. The highest BCUT2D eigenvalue weighted by molar-refractivity contribution is 9.10. The van der Waals surface area contributed by atoms with Gasteiger partial charge in [0.15, 0.2) is 0 Å². The van der Waals surface area contributed by atoms with Crippen LogP contribution in [0.25, 0.3) is 0 Å². The highest BCUT2D eigenvalue weighted by Gasteiger charge is 2.30. The fourth-order valence-corrected chi connectivity index (χ4v) is 3.80. The smallest absolute Gasteiger partial charge is 0.0510 e. The average molecular weight is 340 g/mol. The summed E-state index contributed by atoms with van der Waals surface area (Å²) in [4.78, 5) is 5.00. The SMILES string of the molecule is CC(N)C(c1ccccc1Br)N1CCCN(C)CC1C. The van der Waals surface area contributed by atoms with Gasteiger partial charge in [0.1, 0.15) is 0 Å². The van der Waals surface area contributed by atoms with E-state index in [1.54, 1.807) is 0 Å². The van der Waals surface area contributed by atoms with Crippen molar-refractivity contribution in [2.45, 2.75) is 38.4 Å². The zero-order valence-corrected chi connectivity index (χ0v) is 14.3. The summed E-state index contributed by atoms with van der Waals surface area (Å²) in [5, 5.41) is 0. The second-order valence-electron chi connectivity index (χ2n) is 6.03. The summed E-state index contributed by atoms with van der Waals surface area (Å²) in [6.07, 6.45) is 1.20. The lowest BCUT2D eigenvalue weighted by atomic mass is 9.97. The van der Waals surface area contributed by atoms with Gasteiger partial charge in [-0.25, -0.2) is 0 Å². The predicted molar refractivity (Wildman–Crippen MR) is 88.8 cm³/mol. The Labute approximate surface area is 131 Å². The molecule has 0 saturated carbocycles. The molecule has 0 amide bonds. The predicted octanol–water partition coefficient (Wildman–Crippen LogP) is 2.86. The number of nitrogens with zero attached hydrogens (tertiary/aromatic N) is 2. The molecule has 4 heteroatoms. The zero-order chi connectivity index (χ0) is 14.7. The van der Waals surface area contributed by atoms with E-state index in [4.69, 9.17) is 5.73 Å². The molecule has 3 nitrogen and oxygen atoms in total. The third-order valence-electron chi connectivity index (χ3n) is 4.18. The Morgan fingerprint density at radius 1 is 1.30 bits per heavy atom. The Morgan fingerprint density at radius 2 is 2.00 bits per heavy atom. The van der Waals surface area contributed by atoms with Gasteiger partial charge in [0.2, 0.25) is 0 Å². The van der Waals surface area contributed by atoms with E-state index in [2.05, 4.69) is 70.9 Å². The van der Waals surface area contributed by atoms with Crippen LogP contribution in [0.2, 0.25) is 0 Å². The summed E-state index contributed by atoms with van der Waals surface area (Å²) < 4.78 is 1.16. The van der Waals surface area contributed by atoms with E-state index >= 15 is 0 Å². The molecule has 2 rings (SSSR count). The topological polar surface area (TPSA) is 32.5 Å². The highest BCUT2D eigenvalue weighted by Crippen LogP contribution is 2.32. The van der Waals surface area contributed by atoms with Crippen LogP contribution in [0.1, 0.15) is 31.9 Å². The van der Waals surface area contributed by atoms with E-state index in [0.29, 0.717) is 6.04 Å². The van der Waals surface area contributed by atoms with Crippen LogP contribution < -0.4 is 5.73 Å². The molecule has 0 aromatic heterocycles. The first kappa shape index (κ1) is 16.0. The van der Waals surface area contributed by atoms with E-state index in [0.717, 1.165) is 17.6 Å². The Kier molecular flexibility index (Phi) is 5.61. The third kappa shape index (κ3) is 3.61. The number of nitrogens with two attached hydrogens (primary N) is 1. The van der Waals surface area contributed by atoms with Crippen molar-refractivity contribution in [2.75, 3.05) is 26.7 Å². The van der Waals surface area contributed by atoms with Gasteiger partial charge in [-0.1, -0.05) is 34.1 Å². The molecule has 0 aliphatic carbocycles. The molecule has 0 spiro atoms. The Morgan fingerprint density at radius 3 is 2.65 bits per heavy atom. The van der Waals surface area contributed by atoms with E-state index < -0.39 is 0 Å². The molecule has 3 unspecified atom stereocenters. The molecule has 1 saturated heterocycles. The van der Waals surface area contributed by atoms with E-state index in [9.17, 15) is 0 Å². The maximum absolute atomic E-state index is 6.34. The van der Waals surface area contributed by atoms with Crippen molar-refractivity contribution in [3.8, 4) is 0 Å². The number of rotatable bonds is 3. The first-order chi connectivity index (χ1) is 9.50. The van der Waals surface area contributed by atoms with Crippen LogP contribution in [0.15, 0.2) is 28.7 Å². The molecule has 20 heavy (non-hydrogen) atoms. The quantitative estimate of drug-likeness (QED) is 0.918. The van der Waals surface area contributed by atoms with Gasteiger partial charge in [0.25, 0.3) is 0 Å². The standard InChI is InChI=1S/C16H26BrN3/c1-12-11-19(3)9-6-10-20(12)16(13(2)18)14-7-4-5-8-15(14)17/h4-5,7-8,12-13,16H,6,9-11,18H2,1-3H3. The molecular weight excluding hydrogens is 314 g/mol. The maximum Gasteiger partial charge on any atom is 0.0510 e. The molecule has 2 N–H and O–H groups in total. The van der Waals surface area contributed by atoms with Gasteiger partial charge in [-0.15, -0.1) is 0 Å². The summed E-state index contributed by atoms with van der Waals surface area (Å²) in [6.45, 7) is 7.81. The monoisotopic (exact) mass is 339 g/mol. The van der Waals surface area contributed by atoms with Crippen molar-refractivity contribution in [3.05, 3.63) is 34.3 Å². The van der Waals surface area contributed by atoms with Crippen molar-refractivity contribution < 1.29 is 0 Å². The van der Waals surface area contributed by atoms with Crippen LogP contribution >= 0.6 is 15.9 Å². The first-order valence-corrected chi connectivity index (χ1v) is 8.24. The van der Waals surface area contributed by atoms with Crippen molar-refractivity contribution in [2.24, 2.45) is 5.73 Å². The molecule has 1 fully saturated rings. The van der Waals surface area contributed by atoms with Crippen LogP contribution in [0, 0.1) is 0 Å². The van der Waals surface area contributed by atoms with Crippen LogP contribution in [0.3, 0.4) is 0 Å². The highest BCUT2D eigenvalue weighted by atomic mass is 79.9. The minimum atomic E-state index is 0.111. The fourth-order valence-electron chi connectivity index (χ4n) is 3.28. The molecule has 1 aromatic carbocycles. The Balaban J connectivity index is 2.31. The number of halogens is 1. The lowest BCUT2D eigenvalue weighted by Gasteiger charge is -2.38. The number of hydrogen-bond acceptors (Lipinski definition) is 3. The second kappa shape index (κ2) is 7.03. The van der Waals surface area contributed by atoms with Gasteiger partial charge >= 0.3 is 0 Å². The van der Waals surface area contributed by atoms with Crippen molar-refractivity contribution in [3.63, 3.8) is 0 Å². The van der Waals surface area contributed by atoms with E-state index in [1.807, 2.05) is 0 Å². The molecule has 1 aliphatic rings. The van der Waals surface area contributed by atoms with Gasteiger partial charge < -0.3 is 10.6 Å². The largest absolute Gasteiger partial charge is 0.326 e. The van der Waals surface area contributed by atoms with Crippen molar-refractivity contribution in [1.82, 2.24) is 9.80 Å². The Bertz CT molecular complexity index is 435. The average Bonchev–Trinajstić information content (AvgIpc) is 2.53. The van der Waals surface area contributed by atoms with Gasteiger partial charge in [-0.05, 0) is 45.5 Å². The minimum Gasteiger partial charge on any atom is -0.326 e. The zero-order valence-electron chi connectivity index (χ0n) is 12.7. The summed E-state index contributed by atoms with van der Waals surface area (Å²) in [5.41, 5.74) is 7.64. The first-order valence-electron chi connectivity index (χ1n) is 7.45. The summed E-state index contributed by atoms with van der Waals surface area (Å²) in [7, 11) is 2.21. The van der Waals surface area contributed by atoms with Gasteiger partial charge in [0.05, 0.1) is 6.04 Å². The number of likely N-dealkylation sites (N-methyl/N-ethyl adjacent to an activating group) is 1. The minimum absolute atomic E-state index is 0.111. The lowest BCUT2D eigenvalue weighted by Crippen LogP contribution is -2.46. The molecule has 1 heterocycles. The normalized spacial score (nSPS) is 25.1. The summed E-state index contributed by atoms with van der Waals surface area (Å²) >= 11 is 3.69. The van der Waals surface area contributed by atoms with Crippen molar-refractivity contribution >= 4 is 15.9 Å². The van der Waals surface area contributed by atoms with Crippen LogP contribution in [-0.4, -0.2) is 48.6 Å². The molecule has 1 aliphatic heterocycles. The molecule has 1 aromatic rings. The third-order valence-corrected chi connectivity index (χ3v) is 4.90. The molecule has 0 radical (unpaired) electrons. The number of benzene rings is 1. The van der Waals surface area contributed by atoms with Crippen LogP contribution in [-0.2, 0) is 0 Å². The molecular formula is C16H26BrN3. The summed E-state index contributed by atoms with van der Waals surface area (Å²) in [6, 6.07) is 9.37. The van der Waals surface area contributed by atoms with Crippen molar-refractivity contribution in [1.29, 1.82) is 0 Å². The van der Waals surface area contributed by atoms with E-state index in [1.165, 1.54) is 18.5 Å². The molecule has 0 bridgehead atoms. The fraction of sp³-hybridized carbons (Fsp3) is 0.625. The second-order valence-corrected chi connectivity index (χ2v) is 6.88. The van der Waals surface area contributed by atoms with Gasteiger partial charge in [-0.2, -0.15) is 0 Å².